The molecule has 0 aliphatic heterocycles. The van der Waals surface area contributed by atoms with Gasteiger partial charge in [0, 0.05) is 0 Å². The van der Waals surface area contributed by atoms with Crippen LogP contribution in [0.15, 0.2) is 30.3 Å². The Balaban J connectivity index is 2.40. The molecule has 0 aromatic heterocycles. The van der Waals surface area contributed by atoms with Crippen LogP contribution in [-0.2, 0) is 0 Å². The van der Waals surface area contributed by atoms with Crippen LogP contribution >= 0.6 is 45.2 Å². The van der Waals surface area contributed by atoms with Crippen molar-refractivity contribution in [3.8, 4) is 11.5 Å². The quantitative estimate of drug-likeness (QED) is 0.525. The van der Waals surface area contributed by atoms with E-state index in [9.17, 15) is 0 Å². The lowest BCUT2D eigenvalue weighted by Crippen LogP contribution is -1.94. The predicted molar refractivity (Wildman–Crippen MR) is 92.6 cm³/mol. The predicted octanol–water partition coefficient (Wildman–Crippen LogP) is 5.61. The first-order valence-corrected chi connectivity index (χ1v) is 7.84. The van der Waals surface area contributed by atoms with E-state index in [1.807, 2.05) is 6.07 Å². The average Bonchev–Trinajstić information content (AvgIpc) is 2.25. The van der Waals surface area contributed by atoms with Crippen LogP contribution in [0.4, 0.5) is 0 Å². The first-order valence-electron chi connectivity index (χ1n) is 5.68. The SMILES string of the molecule is Cc1ccc(Oc2c(C)cc(C)cc2I)c(I)c1. The molecule has 0 saturated heterocycles. The summed E-state index contributed by atoms with van der Waals surface area (Å²) in [6, 6.07) is 10.5. The summed E-state index contributed by atoms with van der Waals surface area (Å²) in [7, 11) is 0. The normalized spacial score (nSPS) is 10.5. The van der Waals surface area contributed by atoms with Gasteiger partial charge >= 0.3 is 0 Å². The van der Waals surface area contributed by atoms with Gasteiger partial charge in [-0.1, -0.05) is 12.1 Å². The fourth-order valence-electron chi connectivity index (χ4n) is 1.83. The molecule has 0 bridgehead atoms. The molecule has 0 aliphatic carbocycles. The lowest BCUT2D eigenvalue weighted by atomic mass is 10.1. The summed E-state index contributed by atoms with van der Waals surface area (Å²) in [4.78, 5) is 0. The second-order valence-corrected chi connectivity index (χ2v) is 6.75. The Bertz CT molecular complexity index is 568. The molecular weight excluding hydrogens is 450 g/mol. The van der Waals surface area contributed by atoms with Gasteiger partial charge in [0.1, 0.15) is 11.5 Å². The van der Waals surface area contributed by atoms with Gasteiger partial charge in [-0.2, -0.15) is 0 Å². The van der Waals surface area contributed by atoms with E-state index in [2.05, 4.69) is 90.2 Å². The van der Waals surface area contributed by atoms with Crippen molar-refractivity contribution < 1.29 is 4.74 Å². The van der Waals surface area contributed by atoms with E-state index in [1.54, 1.807) is 0 Å². The highest BCUT2D eigenvalue weighted by Gasteiger charge is 2.09. The molecule has 2 aromatic carbocycles. The molecule has 0 aliphatic rings. The van der Waals surface area contributed by atoms with Crippen molar-refractivity contribution in [3.63, 3.8) is 0 Å². The van der Waals surface area contributed by atoms with Gasteiger partial charge < -0.3 is 4.74 Å². The molecule has 2 rings (SSSR count). The molecule has 0 heterocycles. The van der Waals surface area contributed by atoms with Gasteiger partial charge in [0.25, 0.3) is 0 Å². The van der Waals surface area contributed by atoms with Crippen LogP contribution in [0.3, 0.4) is 0 Å². The van der Waals surface area contributed by atoms with Gasteiger partial charge in [-0.05, 0) is 101 Å². The van der Waals surface area contributed by atoms with Crippen LogP contribution in [-0.4, -0.2) is 0 Å². The summed E-state index contributed by atoms with van der Waals surface area (Å²) in [6.45, 7) is 6.28. The highest BCUT2D eigenvalue weighted by atomic mass is 127. The Morgan fingerprint density at radius 2 is 1.50 bits per heavy atom. The second kappa shape index (κ2) is 5.77. The molecular formula is C15H14I2O. The number of aryl methyl sites for hydroxylation is 3. The van der Waals surface area contributed by atoms with Gasteiger partial charge in [0.05, 0.1) is 7.14 Å². The number of benzene rings is 2. The number of halogens is 2. The van der Waals surface area contributed by atoms with Gasteiger partial charge in [-0.3, -0.25) is 0 Å². The van der Waals surface area contributed by atoms with Crippen molar-refractivity contribution in [3.05, 3.63) is 54.2 Å². The van der Waals surface area contributed by atoms with E-state index in [4.69, 9.17) is 4.74 Å². The van der Waals surface area contributed by atoms with Crippen LogP contribution in [0.1, 0.15) is 16.7 Å². The van der Waals surface area contributed by atoms with Crippen LogP contribution in [0.5, 0.6) is 11.5 Å². The van der Waals surface area contributed by atoms with Crippen molar-refractivity contribution in [2.45, 2.75) is 20.8 Å². The zero-order valence-electron chi connectivity index (χ0n) is 10.6. The highest BCUT2D eigenvalue weighted by Crippen LogP contribution is 2.33. The van der Waals surface area contributed by atoms with Crippen molar-refractivity contribution in [2.24, 2.45) is 0 Å². The monoisotopic (exact) mass is 464 g/mol. The molecule has 0 N–H and O–H groups in total. The third-order valence-electron chi connectivity index (χ3n) is 2.67. The van der Waals surface area contributed by atoms with Gasteiger partial charge in [0.15, 0.2) is 0 Å². The maximum Gasteiger partial charge on any atom is 0.143 e. The van der Waals surface area contributed by atoms with E-state index in [1.165, 1.54) is 16.7 Å². The Labute approximate surface area is 135 Å². The fourth-order valence-corrected chi connectivity index (χ4v) is 3.64. The Morgan fingerprint density at radius 1 is 0.833 bits per heavy atom. The van der Waals surface area contributed by atoms with Gasteiger partial charge in [0.2, 0.25) is 0 Å². The van der Waals surface area contributed by atoms with Crippen molar-refractivity contribution in [1.29, 1.82) is 0 Å². The smallest absolute Gasteiger partial charge is 0.143 e. The maximum absolute atomic E-state index is 6.07. The summed E-state index contributed by atoms with van der Waals surface area (Å²) in [5, 5.41) is 0. The summed E-state index contributed by atoms with van der Waals surface area (Å²) in [5.41, 5.74) is 3.70. The third-order valence-corrected chi connectivity index (χ3v) is 4.32. The van der Waals surface area contributed by atoms with Crippen molar-refractivity contribution in [2.75, 3.05) is 0 Å². The summed E-state index contributed by atoms with van der Waals surface area (Å²) >= 11 is 4.64. The van der Waals surface area contributed by atoms with Crippen LogP contribution in [0.25, 0.3) is 0 Å². The lowest BCUT2D eigenvalue weighted by Gasteiger charge is -2.13. The zero-order valence-corrected chi connectivity index (χ0v) is 14.9. The molecule has 94 valence electrons. The fraction of sp³-hybridized carbons (Fsp3) is 0.200. The molecule has 0 radical (unpaired) electrons. The van der Waals surface area contributed by atoms with E-state index < -0.39 is 0 Å². The Hall–Kier alpha value is -0.300. The third kappa shape index (κ3) is 3.17. The van der Waals surface area contributed by atoms with E-state index in [0.29, 0.717) is 0 Å². The molecule has 2 aromatic rings. The zero-order chi connectivity index (χ0) is 13.3. The van der Waals surface area contributed by atoms with Gasteiger partial charge in [-0.15, -0.1) is 0 Å². The Kier molecular flexibility index (Phi) is 4.53. The highest BCUT2D eigenvalue weighted by molar-refractivity contribution is 14.1. The first-order chi connectivity index (χ1) is 8.47. The van der Waals surface area contributed by atoms with E-state index in [-0.39, 0.29) is 0 Å². The van der Waals surface area contributed by atoms with Crippen molar-refractivity contribution >= 4 is 45.2 Å². The largest absolute Gasteiger partial charge is 0.455 e. The molecule has 3 heteroatoms. The van der Waals surface area contributed by atoms with Crippen molar-refractivity contribution in [1.82, 2.24) is 0 Å². The molecule has 0 fully saturated rings. The minimum Gasteiger partial charge on any atom is -0.455 e. The maximum atomic E-state index is 6.07. The standard InChI is InChI=1S/C15H14I2O/c1-9-4-5-14(12(16)7-9)18-15-11(3)6-10(2)8-13(15)17/h4-8H,1-3H3. The molecule has 0 spiro atoms. The number of hydrogen-bond acceptors (Lipinski definition) is 1. The minimum absolute atomic E-state index is 0.922. The van der Waals surface area contributed by atoms with Crippen LogP contribution in [0.2, 0.25) is 0 Å². The second-order valence-electron chi connectivity index (χ2n) is 4.43. The van der Waals surface area contributed by atoms with Crippen LogP contribution in [0, 0.1) is 27.9 Å². The molecule has 18 heavy (non-hydrogen) atoms. The molecule has 0 amide bonds. The Morgan fingerprint density at radius 3 is 2.11 bits per heavy atom. The first kappa shape index (κ1) is 14.1. The van der Waals surface area contributed by atoms with E-state index in [0.717, 1.165) is 18.6 Å². The topological polar surface area (TPSA) is 9.23 Å². The summed E-state index contributed by atoms with van der Waals surface area (Å²) in [5.74, 6) is 1.88. The average molecular weight is 464 g/mol. The molecule has 0 saturated carbocycles. The lowest BCUT2D eigenvalue weighted by molar-refractivity contribution is 0.472. The molecule has 0 atom stereocenters. The summed E-state index contributed by atoms with van der Waals surface area (Å²) < 4.78 is 8.36. The van der Waals surface area contributed by atoms with Crippen LogP contribution < -0.4 is 4.74 Å². The molecule has 0 unspecified atom stereocenters. The minimum atomic E-state index is 0.922. The summed E-state index contributed by atoms with van der Waals surface area (Å²) in [6.07, 6.45) is 0. The number of hydrogen-bond donors (Lipinski definition) is 0. The number of ether oxygens (including phenoxy) is 1. The number of rotatable bonds is 2. The van der Waals surface area contributed by atoms with E-state index >= 15 is 0 Å². The van der Waals surface area contributed by atoms with Gasteiger partial charge in [-0.25, -0.2) is 0 Å². The molecule has 1 nitrogen and oxygen atoms in total.